The molecule has 0 atom stereocenters. The third-order valence-corrected chi connectivity index (χ3v) is 4.30. The van der Waals surface area contributed by atoms with E-state index in [0.29, 0.717) is 6.07 Å². The first-order valence-electron chi connectivity index (χ1n) is 9.36. The highest BCUT2D eigenvalue weighted by Crippen LogP contribution is 2.26. The maximum absolute atomic E-state index is 12.2. The van der Waals surface area contributed by atoms with Gasteiger partial charge in [-0.05, 0) is 36.4 Å². The molecule has 0 bridgehead atoms. The van der Waals surface area contributed by atoms with Gasteiger partial charge in [0.15, 0.2) is 0 Å². The average molecular weight is 480 g/mol. The van der Waals surface area contributed by atoms with Crippen LogP contribution in [-0.4, -0.2) is 26.6 Å². The van der Waals surface area contributed by atoms with Crippen LogP contribution >= 0.6 is 0 Å². The molecule has 0 heterocycles. The summed E-state index contributed by atoms with van der Waals surface area (Å²) in [4.78, 5) is 59.4. The minimum absolute atomic E-state index is 0.0199. The number of nitro groups is 3. The number of nitrogens with zero attached hydrogens (tertiary/aromatic N) is 5. The van der Waals surface area contributed by atoms with Crippen LogP contribution in [0.1, 0.15) is 20.7 Å². The number of carbonyl (C=O) groups excluding carboxylic acids is 2. The van der Waals surface area contributed by atoms with Crippen LogP contribution in [0.15, 0.2) is 77.0 Å². The van der Waals surface area contributed by atoms with Crippen molar-refractivity contribution in [2.24, 2.45) is 10.2 Å². The smallest absolute Gasteiger partial charge is 0.338 e. The Hall–Kier alpha value is -5.60. The fraction of sp³-hybridized carbons (Fsp3) is 0. The monoisotopic (exact) mass is 480 g/mol. The van der Waals surface area contributed by atoms with Crippen molar-refractivity contribution in [2.75, 3.05) is 5.48 Å². The molecule has 0 saturated carbocycles. The Labute approximate surface area is 194 Å². The Morgan fingerprint density at radius 1 is 0.800 bits per heavy atom. The second-order valence-corrected chi connectivity index (χ2v) is 6.57. The summed E-state index contributed by atoms with van der Waals surface area (Å²) in [5.74, 6) is -1.95. The van der Waals surface area contributed by atoms with E-state index in [1.54, 1.807) is 0 Å². The number of azo groups is 1. The lowest BCUT2D eigenvalue weighted by atomic mass is 10.1. The number of nitro benzene ring substituents is 3. The molecule has 0 radical (unpaired) electrons. The van der Waals surface area contributed by atoms with Crippen LogP contribution < -0.4 is 5.48 Å². The van der Waals surface area contributed by atoms with Gasteiger partial charge in [-0.15, -0.1) is 10.2 Å². The molecule has 0 unspecified atom stereocenters. The van der Waals surface area contributed by atoms with Crippen molar-refractivity contribution in [3.63, 3.8) is 0 Å². The van der Waals surface area contributed by atoms with Crippen LogP contribution in [0.5, 0.6) is 0 Å². The second-order valence-electron chi connectivity index (χ2n) is 6.57. The molecular formula is C20H12N6O9. The molecule has 15 nitrogen and oxygen atoms in total. The summed E-state index contributed by atoms with van der Waals surface area (Å²) in [6.07, 6.45) is 0. The van der Waals surface area contributed by atoms with Crippen LogP contribution in [0.4, 0.5) is 28.4 Å². The highest BCUT2D eigenvalue weighted by Gasteiger charge is 2.25. The average Bonchev–Trinajstić information content (AvgIpc) is 2.86. The molecule has 0 aliphatic rings. The van der Waals surface area contributed by atoms with E-state index in [9.17, 15) is 39.9 Å². The van der Waals surface area contributed by atoms with Crippen LogP contribution in [0.3, 0.4) is 0 Å². The summed E-state index contributed by atoms with van der Waals surface area (Å²) in [5.41, 5.74) is 0.583. The molecule has 3 rings (SSSR count). The highest BCUT2D eigenvalue weighted by atomic mass is 16.7. The van der Waals surface area contributed by atoms with Crippen LogP contribution in [0, 0.1) is 30.3 Å². The van der Waals surface area contributed by atoms with Gasteiger partial charge in [-0.3, -0.25) is 35.1 Å². The van der Waals surface area contributed by atoms with Gasteiger partial charge in [-0.2, -0.15) is 0 Å². The van der Waals surface area contributed by atoms with E-state index in [-0.39, 0.29) is 22.6 Å². The van der Waals surface area contributed by atoms with Crippen LogP contribution in [-0.2, 0) is 4.84 Å². The van der Waals surface area contributed by atoms with Gasteiger partial charge >= 0.3 is 5.97 Å². The first kappa shape index (κ1) is 24.1. The molecule has 0 aliphatic carbocycles. The second kappa shape index (κ2) is 10.3. The zero-order valence-electron chi connectivity index (χ0n) is 17.3. The lowest BCUT2D eigenvalue weighted by Crippen LogP contribution is -2.12. The summed E-state index contributed by atoms with van der Waals surface area (Å²) in [6, 6.07) is 13.0. The molecule has 3 aromatic rings. The summed E-state index contributed by atoms with van der Waals surface area (Å²) >= 11 is 0. The van der Waals surface area contributed by atoms with E-state index < -0.39 is 43.6 Å². The van der Waals surface area contributed by atoms with Gasteiger partial charge in [0, 0.05) is 18.2 Å². The predicted molar refractivity (Wildman–Crippen MR) is 117 cm³/mol. The van der Waals surface area contributed by atoms with Gasteiger partial charge in [0.2, 0.25) is 0 Å². The molecule has 35 heavy (non-hydrogen) atoms. The largest absolute Gasteiger partial charge is 0.369 e. The SMILES string of the molecule is O=C(N=Nc1ccc(NOC(=O)c2ccc([N+](=O)[O-])cc2[N+](=O)[O-])cc1)c1cccc([N+](=O)[O-])c1. The number of anilines is 1. The molecule has 0 fully saturated rings. The zero-order chi connectivity index (χ0) is 25.5. The molecule has 3 aromatic carbocycles. The van der Waals surface area contributed by atoms with Gasteiger partial charge in [-0.25, -0.2) is 10.3 Å². The minimum atomic E-state index is -1.15. The Morgan fingerprint density at radius 2 is 1.46 bits per heavy atom. The predicted octanol–water partition coefficient (Wildman–Crippen LogP) is 4.52. The summed E-state index contributed by atoms with van der Waals surface area (Å²) in [6.45, 7) is 0. The number of hydrogen-bond donors (Lipinski definition) is 1. The fourth-order valence-corrected chi connectivity index (χ4v) is 2.63. The molecule has 0 aliphatic heterocycles. The van der Waals surface area contributed by atoms with Gasteiger partial charge in [0.05, 0.1) is 37.8 Å². The van der Waals surface area contributed by atoms with Crippen molar-refractivity contribution in [3.05, 3.63) is 108 Å². The van der Waals surface area contributed by atoms with E-state index >= 15 is 0 Å². The molecule has 0 spiro atoms. The number of benzene rings is 3. The number of amides is 1. The topological polar surface area (TPSA) is 210 Å². The Bertz CT molecular complexity index is 1370. The summed E-state index contributed by atoms with van der Waals surface area (Å²) in [7, 11) is 0. The van der Waals surface area contributed by atoms with E-state index in [2.05, 4.69) is 15.7 Å². The maximum Gasteiger partial charge on any atom is 0.369 e. The third kappa shape index (κ3) is 6.01. The highest BCUT2D eigenvalue weighted by molar-refractivity contribution is 5.95. The summed E-state index contributed by atoms with van der Waals surface area (Å²) in [5, 5.41) is 40.0. The standard InChI is InChI=1S/C20H12N6O9/c27-19(12-2-1-3-15(10-12)24(29)30)22-21-13-4-6-14(7-5-13)23-35-20(28)17-9-8-16(25(31)32)11-18(17)26(33)34/h1-11,23H. The lowest BCUT2D eigenvalue weighted by Gasteiger charge is -2.07. The molecule has 0 saturated heterocycles. The van der Waals surface area contributed by atoms with Gasteiger partial charge in [0.25, 0.3) is 23.0 Å². The fourth-order valence-electron chi connectivity index (χ4n) is 2.63. The van der Waals surface area contributed by atoms with Crippen molar-refractivity contribution < 1.29 is 29.2 Å². The normalized spacial score (nSPS) is 10.5. The zero-order valence-corrected chi connectivity index (χ0v) is 17.3. The quantitative estimate of drug-likeness (QED) is 0.270. The molecule has 1 amide bonds. The molecule has 1 N–H and O–H groups in total. The van der Waals surface area contributed by atoms with E-state index in [1.165, 1.54) is 42.5 Å². The molecule has 15 heteroatoms. The maximum atomic E-state index is 12.2. The lowest BCUT2D eigenvalue weighted by molar-refractivity contribution is -0.394. The number of nitrogens with one attached hydrogen (secondary N) is 1. The van der Waals surface area contributed by atoms with E-state index in [0.717, 1.165) is 18.2 Å². The Kier molecular flexibility index (Phi) is 7.11. The Balaban J connectivity index is 1.64. The van der Waals surface area contributed by atoms with E-state index in [1.807, 2.05) is 0 Å². The first-order chi connectivity index (χ1) is 16.7. The minimum Gasteiger partial charge on any atom is -0.338 e. The van der Waals surface area contributed by atoms with Gasteiger partial charge < -0.3 is 4.84 Å². The molecule has 176 valence electrons. The summed E-state index contributed by atoms with van der Waals surface area (Å²) < 4.78 is 0. The van der Waals surface area contributed by atoms with E-state index in [4.69, 9.17) is 4.84 Å². The van der Waals surface area contributed by atoms with Crippen molar-refractivity contribution >= 4 is 40.3 Å². The van der Waals surface area contributed by atoms with Crippen molar-refractivity contribution in [3.8, 4) is 0 Å². The first-order valence-corrected chi connectivity index (χ1v) is 9.36. The van der Waals surface area contributed by atoms with Gasteiger partial charge in [-0.1, -0.05) is 6.07 Å². The van der Waals surface area contributed by atoms with Gasteiger partial charge in [0.1, 0.15) is 5.56 Å². The number of hydrogen-bond acceptors (Lipinski definition) is 11. The molecule has 0 aromatic heterocycles. The van der Waals surface area contributed by atoms with Crippen molar-refractivity contribution in [1.29, 1.82) is 0 Å². The third-order valence-electron chi connectivity index (χ3n) is 4.30. The Morgan fingerprint density at radius 3 is 2.09 bits per heavy atom. The molecular weight excluding hydrogens is 468 g/mol. The van der Waals surface area contributed by atoms with Crippen LogP contribution in [0.2, 0.25) is 0 Å². The van der Waals surface area contributed by atoms with Crippen molar-refractivity contribution in [2.45, 2.75) is 0 Å². The number of rotatable bonds is 8. The van der Waals surface area contributed by atoms with Crippen LogP contribution in [0.25, 0.3) is 0 Å². The number of non-ortho nitro benzene ring substituents is 2. The number of carbonyl (C=O) groups is 2. The van der Waals surface area contributed by atoms with Crippen molar-refractivity contribution in [1.82, 2.24) is 0 Å².